The van der Waals surface area contributed by atoms with Crippen LogP contribution >= 0.6 is 0 Å². The highest BCUT2D eigenvalue weighted by Crippen LogP contribution is 2.33. The predicted octanol–water partition coefficient (Wildman–Crippen LogP) is 1.78. The number of nitrogens with zero attached hydrogens (tertiary/aromatic N) is 1. The van der Waals surface area contributed by atoms with Crippen molar-refractivity contribution in [3.8, 4) is 0 Å². The van der Waals surface area contributed by atoms with E-state index >= 15 is 0 Å². The van der Waals surface area contributed by atoms with Gasteiger partial charge < -0.3 is 14.8 Å². The van der Waals surface area contributed by atoms with E-state index < -0.39 is 5.41 Å². The smallest absolute Gasteiger partial charge is 0.138 e. The maximum Gasteiger partial charge on any atom is 0.138 e. The number of piperidine rings is 1. The first-order valence-corrected chi connectivity index (χ1v) is 7.45. The van der Waals surface area contributed by atoms with Crippen molar-refractivity contribution in [3.05, 3.63) is 54.4 Å². The van der Waals surface area contributed by atoms with Crippen LogP contribution in [0.2, 0.25) is 0 Å². The molecule has 2 heterocycles. The Kier molecular flexibility index (Phi) is 4.27. The molecule has 0 radical (unpaired) electrons. The Balaban J connectivity index is 1.87. The van der Waals surface area contributed by atoms with Crippen LogP contribution in [0.1, 0.15) is 18.5 Å². The zero-order valence-electron chi connectivity index (χ0n) is 11.9. The number of ether oxygens (including phenoxy) is 1. The third-order valence-corrected chi connectivity index (χ3v) is 4.17. The van der Waals surface area contributed by atoms with E-state index in [9.17, 15) is 4.79 Å². The summed E-state index contributed by atoms with van der Waals surface area (Å²) in [4.78, 5) is 16.3. The minimum Gasteiger partial charge on any atom is -0.369 e. The van der Waals surface area contributed by atoms with Gasteiger partial charge >= 0.3 is 0 Å². The van der Waals surface area contributed by atoms with Crippen LogP contribution in [0, 0.1) is 0 Å². The average molecular weight is 284 g/mol. The Bertz CT molecular complexity index is 535. The molecule has 2 atom stereocenters. The number of hydrogen-bond acceptors (Lipinski definition) is 4. The van der Waals surface area contributed by atoms with Gasteiger partial charge in [-0.15, -0.1) is 0 Å². The van der Waals surface area contributed by atoms with Crippen molar-refractivity contribution in [2.45, 2.75) is 30.5 Å². The van der Waals surface area contributed by atoms with Crippen molar-refractivity contribution < 1.29 is 9.53 Å². The fourth-order valence-corrected chi connectivity index (χ4v) is 2.95. The molecular formula is C17H20N2O2. The lowest BCUT2D eigenvalue weighted by atomic mass is 9.77. The molecule has 2 unspecified atom stereocenters. The minimum absolute atomic E-state index is 0.190. The second kappa shape index (κ2) is 6.33. The molecule has 0 bridgehead atoms. The second-order valence-corrected chi connectivity index (χ2v) is 5.52. The van der Waals surface area contributed by atoms with Gasteiger partial charge in [-0.25, -0.2) is 0 Å². The minimum atomic E-state index is -0.819. The summed E-state index contributed by atoms with van der Waals surface area (Å²) < 4.78 is 6.24. The summed E-state index contributed by atoms with van der Waals surface area (Å²) >= 11 is 0. The summed E-state index contributed by atoms with van der Waals surface area (Å²) in [5.41, 5.74) is -0.0829. The Morgan fingerprint density at radius 2 is 2.14 bits per heavy atom. The number of rotatable bonds is 4. The molecule has 0 saturated carbocycles. The average Bonchev–Trinajstić information content (AvgIpc) is 2.57. The number of carbonyl (C=O) groups excluding carboxylic acids is 1. The van der Waals surface area contributed by atoms with Gasteiger partial charge in [0.2, 0.25) is 0 Å². The molecule has 1 saturated heterocycles. The molecule has 3 rings (SSSR count). The van der Waals surface area contributed by atoms with Crippen molar-refractivity contribution in [3.63, 3.8) is 0 Å². The van der Waals surface area contributed by atoms with Crippen molar-refractivity contribution in [1.82, 2.24) is 10.3 Å². The lowest BCUT2D eigenvalue weighted by molar-refractivity contribution is -0.117. The monoisotopic (exact) mass is 284 g/mol. The fraction of sp³-hybridized carbons (Fsp3) is 0.412. The SMILES string of the molecule is O=CC1(c2ccccn2)C=CC=CC1OC1CCNCC1. The van der Waals surface area contributed by atoms with Gasteiger partial charge in [-0.3, -0.25) is 4.98 Å². The van der Waals surface area contributed by atoms with Gasteiger partial charge in [-0.2, -0.15) is 0 Å². The van der Waals surface area contributed by atoms with E-state index in [1.807, 2.05) is 42.5 Å². The molecule has 0 spiro atoms. The molecule has 2 aliphatic rings. The molecular weight excluding hydrogens is 264 g/mol. The zero-order chi connectivity index (χ0) is 14.5. The topological polar surface area (TPSA) is 51.2 Å². The molecule has 4 nitrogen and oxygen atoms in total. The lowest BCUT2D eigenvalue weighted by Crippen LogP contribution is -2.45. The summed E-state index contributed by atoms with van der Waals surface area (Å²) in [6.45, 7) is 1.93. The third kappa shape index (κ3) is 2.82. The quantitative estimate of drug-likeness (QED) is 0.856. The molecule has 4 heteroatoms. The molecule has 1 aliphatic carbocycles. The molecule has 0 aromatic carbocycles. The van der Waals surface area contributed by atoms with Gasteiger partial charge in [0.25, 0.3) is 0 Å². The largest absolute Gasteiger partial charge is 0.369 e. The molecule has 0 amide bonds. The van der Waals surface area contributed by atoms with Crippen LogP contribution in [0.15, 0.2) is 48.7 Å². The van der Waals surface area contributed by atoms with E-state index in [0.29, 0.717) is 0 Å². The van der Waals surface area contributed by atoms with Crippen LogP contribution in [0.5, 0.6) is 0 Å². The Labute approximate surface area is 124 Å². The van der Waals surface area contributed by atoms with Crippen LogP contribution in [0.3, 0.4) is 0 Å². The first-order valence-electron chi connectivity index (χ1n) is 7.45. The molecule has 1 fully saturated rings. The van der Waals surface area contributed by atoms with E-state index in [4.69, 9.17) is 4.74 Å². The summed E-state index contributed by atoms with van der Waals surface area (Å²) in [7, 11) is 0. The summed E-state index contributed by atoms with van der Waals surface area (Å²) in [5.74, 6) is 0. The van der Waals surface area contributed by atoms with Gasteiger partial charge in [0.05, 0.1) is 17.9 Å². The van der Waals surface area contributed by atoms with Crippen molar-refractivity contribution in [2.24, 2.45) is 0 Å². The van der Waals surface area contributed by atoms with Crippen LogP contribution in [0.25, 0.3) is 0 Å². The summed E-state index contributed by atoms with van der Waals surface area (Å²) in [5, 5.41) is 3.32. The third-order valence-electron chi connectivity index (χ3n) is 4.17. The molecule has 1 aromatic rings. The van der Waals surface area contributed by atoms with Crippen molar-refractivity contribution in [2.75, 3.05) is 13.1 Å². The number of allylic oxidation sites excluding steroid dienone is 2. The van der Waals surface area contributed by atoms with Crippen molar-refractivity contribution >= 4 is 6.29 Å². The number of nitrogens with one attached hydrogen (secondary N) is 1. The maximum atomic E-state index is 11.9. The molecule has 1 N–H and O–H groups in total. The van der Waals surface area contributed by atoms with E-state index in [1.165, 1.54) is 0 Å². The van der Waals surface area contributed by atoms with E-state index in [2.05, 4.69) is 10.3 Å². The Morgan fingerprint density at radius 1 is 1.29 bits per heavy atom. The standard InChI is InChI=1S/C17H20N2O2/c20-13-17(15-5-2-4-10-19-15)9-3-1-6-16(17)21-14-7-11-18-12-8-14/h1-6,9-10,13-14,16,18H,7-8,11-12H2. The van der Waals surface area contributed by atoms with Gasteiger partial charge in [-0.1, -0.05) is 30.4 Å². The first-order chi connectivity index (χ1) is 10.3. The highest BCUT2D eigenvalue weighted by Gasteiger charge is 2.41. The predicted molar refractivity (Wildman–Crippen MR) is 81.0 cm³/mol. The molecule has 1 aliphatic heterocycles. The van der Waals surface area contributed by atoms with E-state index in [0.717, 1.165) is 37.9 Å². The number of hydrogen-bond donors (Lipinski definition) is 1. The maximum absolute atomic E-state index is 11.9. The van der Waals surface area contributed by atoms with Crippen molar-refractivity contribution in [1.29, 1.82) is 0 Å². The number of aldehydes is 1. The lowest BCUT2D eigenvalue weighted by Gasteiger charge is -2.36. The molecule has 110 valence electrons. The molecule has 1 aromatic heterocycles. The van der Waals surface area contributed by atoms with E-state index in [1.54, 1.807) is 6.20 Å². The number of pyridine rings is 1. The normalized spacial score (nSPS) is 29.4. The highest BCUT2D eigenvalue weighted by atomic mass is 16.5. The van der Waals surface area contributed by atoms with Crippen LogP contribution in [0.4, 0.5) is 0 Å². The highest BCUT2D eigenvalue weighted by molar-refractivity contribution is 5.74. The van der Waals surface area contributed by atoms with Gasteiger partial charge in [0.15, 0.2) is 0 Å². The zero-order valence-corrected chi connectivity index (χ0v) is 11.9. The number of aromatic nitrogens is 1. The van der Waals surface area contributed by atoms with Crippen LogP contribution in [-0.2, 0) is 14.9 Å². The van der Waals surface area contributed by atoms with Gasteiger partial charge in [0.1, 0.15) is 11.7 Å². The van der Waals surface area contributed by atoms with Gasteiger partial charge in [0, 0.05) is 6.20 Å². The summed E-state index contributed by atoms with van der Waals surface area (Å²) in [6.07, 6.45) is 12.2. The van der Waals surface area contributed by atoms with Crippen LogP contribution < -0.4 is 5.32 Å². The first kappa shape index (κ1) is 14.2. The Hall–Kier alpha value is -1.78. The summed E-state index contributed by atoms with van der Waals surface area (Å²) in [6, 6.07) is 5.64. The second-order valence-electron chi connectivity index (χ2n) is 5.52. The number of carbonyl (C=O) groups is 1. The molecule has 21 heavy (non-hydrogen) atoms. The Morgan fingerprint density at radius 3 is 2.86 bits per heavy atom. The van der Waals surface area contributed by atoms with Crippen LogP contribution in [-0.4, -0.2) is 36.6 Å². The van der Waals surface area contributed by atoms with Gasteiger partial charge in [-0.05, 0) is 38.1 Å². The van der Waals surface area contributed by atoms with E-state index in [-0.39, 0.29) is 12.2 Å². The fourth-order valence-electron chi connectivity index (χ4n) is 2.95.